The number of benzene rings is 2. The molecule has 2 aliphatic rings. The fourth-order valence-electron chi connectivity index (χ4n) is 5.07. The maximum Gasteiger partial charge on any atom is 0.407 e. The molecule has 0 radical (unpaired) electrons. The number of pyridine rings is 1. The summed E-state index contributed by atoms with van der Waals surface area (Å²) in [5.41, 5.74) is 2.61. The van der Waals surface area contributed by atoms with Crippen molar-refractivity contribution in [3.63, 3.8) is 0 Å². The third kappa shape index (κ3) is 5.73. The number of aryl methyl sites for hydroxylation is 1. The highest BCUT2D eigenvalue weighted by Gasteiger charge is 2.36. The number of hydrogen-bond acceptors (Lipinski definition) is 8. The monoisotopic (exact) mass is 574 g/mol. The van der Waals surface area contributed by atoms with Gasteiger partial charge in [0.25, 0.3) is 0 Å². The second-order valence-electron chi connectivity index (χ2n) is 10.4. The van der Waals surface area contributed by atoms with Gasteiger partial charge in [0.2, 0.25) is 21.9 Å². The molecule has 0 spiro atoms. The van der Waals surface area contributed by atoms with Crippen LogP contribution in [0, 0.1) is 6.92 Å². The van der Waals surface area contributed by atoms with E-state index < -0.39 is 16.1 Å². The number of piperidine rings is 1. The van der Waals surface area contributed by atoms with Crippen molar-refractivity contribution in [1.82, 2.24) is 19.9 Å². The van der Waals surface area contributed by atoms with Crippen LogP contribution < -0.4 is 14.8 Å². The van der Waals surface area contributed by atoms with Crippen LogP contribution in [0.15, 0.2) is 60.9 Å². The quantitative estimate of drug-likeness (QED) is 0.257. The van der Waals surface area contributed by atoms with Crippen LogP contribution in [0.2, 0.25) is 0 Å². The lowest BCUT2D eigenvalue weighted by atomic mass is 10.0. The maximum absolute atomic E-state index is 12.7. The summed E-state index contributed by atoms with van der Waals surface area (Å²) in [6.45, 7) is 2.81. The molecule has 1 saturated heterocycles. The zero-order chi connectivity index (χ0) is 28.6. The van der Waals surface area contributed by atoms with Gasteiger partial charge in [-0.15, -0.1) is 0 Å². The first-order valence-electron chi connectivity index (χ1n) is 13.5. The van der Waals surface area contributed by atoms with E-state index in [1.807, 2.05) is 31.2 Å². The van der Waals surface area contributed by atoms with Crippen molar-refractivity contribution >= 4 is 38.5 Å². The summed E-state index contributed by atoms with van der Waals surface area (Å²) in [5, 5.41) is 13.8. The minimum atomic E-state index is -3.43. The first-order valence-corrected chi connectivity index (χ1v) is 15.1. The zero-order valence-electron chi connectivity index (χ0n) is 22.4. The maximum atomic E-state index is 12.7. The summed E-state index contributed by atoms with van der Waals surface area (Å²) in [5.74, 6) is 1.30. The van der Waals surface area contributed by atoms with E-state index in [9.17, 15) is 18.3 Å². The third-order valence-corrected chi connectivity index (χ3v) is 9.20. The number of hydrogen-bond donors (Lipinski definition) is 3. The fourth-order valence-corrected chi connectivity index (χ4v) is 6.48. The number of aromatic nitrogens is 3. The molecule has 6 rings (SSSR count). The van der Waals surface area contributed by atoms with Crippen LogP contribution in [-0.4, -0.2) is 63.9 Å². The average molecular weight is 575 g/mol. The van der Waals surface area contributed by atoms with Crippen molar-refractivity contribution < 1.29 is 23.1 Å². The highest BCUT2D eigenvalue weighted by molar-refractivity contribution is 7.93. The number of fused-ring (bicyclic) bond motifs is 1. The highest BCUT2D eigenvalue weighted by atomic mass is 32.2. The molecule has 3 N–H and O–H groups in total. The normalized spacial score (nSPS) is 17.3. The van der Waals surface area contributed by atoms with Gasteiger partial charge in [-0.2, -0.15) is 0 Å². The molecule has 0 bridgehead atoms. The number of ether oxygens (including phenoxy) is 1. The molecule has 11 nitrogen and oxygen atoms in total. The van der Waals surface area contributed by atoms with Gasteiger partial charge < -0.3 is 20.1 Å². The number of nitrogens with zero attached hydrogens (tertiary/aromatic N) is 4. The average Bonchev–Trinajstić information content (AvgIpc) is 3.82. The second-order valence-corrected chi connectivity index (χ2v) is 12.4. The highest BCUT2D eigenvalue weighted by Crippen LogP contribution is 2.39. The Hall–Kier alpha value is -4.45. The van der Waals surface area contributed by atoms with Crippen LogP contribution in [0.25, 0.3) is 22.0 Å². The standard InChI is InChI=1S/C29H30N6O5S/c1-18-9-12-21-22(6-2-8-25(21)34-41(38,39)20-10-11-20)26(18)40-27-23(7-3-14-30-27)24-13-15-31-28(33-24)32-19-5-4-16-35(17-19)29(36)37/h2-3,6-9,12-15,19-20,34H,4-5,10-11,16-17H2,1H3,(H,36,37)(H,31,32,33)/t19-/m0/s1. The first kappa shape index (κ1) is 26.8. The van der Waals surface area contributed by atoms with Gasteiger partial charge in [-0.3, -0.25) is 4.72 Å². The van der Waals surface area contributed by atoms with Crippen molar-refractivity contribution in [1.29, 1.82) is 0 Å². The number of nitrogens with one attached hydrogen (secondary N) is 2. The molecule has 1 aliphatic carbocycles. The van der Waals surface area contributed by atoms with Gasteiger partial charge in [0.1, 0.15) is 5.75 Å². The van der Waals surface area contributed by atoms with E-state index in [4.69, 9.17) is 4.74 Å². The number of likely N-dealkylation sites (tertiary alicyclic amines) is 1. The Morgan fingerprint density at radius 2 is 1.88 bits per heavy atom. The molecule has 2 aromatic heterocycles. The first-order chi connectivity index (χ1) is 19.8. The summed E-state index contributed by atoms with van der Waals surface area (Å²) >= 11 is 0. The molecule has 3 heterocycles. The molecule has 1 amide bonds. The molecule has 1 aliphatic heterocycles. The second kappa shape index (κ2) is 10.8. The van der Waals surface area contributed by atoms with Gasteiger partial charge in [0.05, 0.1) is 22.2 Å². The number of carbonyl (C=O) groups is 1. The largest absolute Gasteiger partial charge is 0.465 e. The molecule has 2 aromatic carbocycles. The molecular formula is C29H30N6O5S. The van der Waals surface area contributed by atoms with Crippen LogP contribution in [0.5, 0.6) is 11.6 Å². The fraction of sp³-hybridized carbons (Fsp3) is 0.310. The Kier molecular flexibility index (Phi) is 7.08. The van der Waals surface area contributed by atoms with Gasteiger partial charge in [0, 0.05) is 42.3 Å². The summed E-state index contributed by atoms with van der Waals surface area (Å²) in [6.07, 6.45) is 5.28. The van der Waals surface area contributed by atoms with Crippen molar-refractivity contribution in [3.05, 3.63) is 66.5 Å². The van der Waals surface area contributed by atoms with Crippen molar-refractivity contribution in [3.8, 4) is 22.9 Å². The molecule has 1 atom stereocenters. The van der Waals surface area contributed by atoms with Crippen molar-refractivity contribution in [2.75, 3.05) is 23.1 Å². The number of carboxylic acid groups (broad SMARTS) is 1. The number of anilines is 2. The molecule has 12 heteroatoms. The van der Waals surface area contributed by atoms with E-state index in [0.29, 0.717) is 60.5 Å². The van der Waals surface area contributed by atoms with Crippen LogP contribution in [0.3, 0.4) is 0 Å². The molecule has 212 valence electrons. The summed E-state index contributed by atoms with van der Waals surface area (Å²) < 4.78 is 34.5. The van der Waals surface area contributed by atoms with Crippen LogP contribution >= 0.6 is 0 Å². The lowest BCUT2D eigenvalue weighted by Crippen LogP contribution is -2.44. The Balaban J connectivity index is 1.30. The Bertz CT molecular complexity index is 1730. The summed E-state index contributed by atoms with van der Waals surface area (Å²) in [7, 11) is -3.43. The molecule has 2 fully saturated rings. The van der Waals surface area contributed by atoms with Gasteiger partial charge in [-0.05, 0) is 62.4 Å². The minimum Gasteiger partial charge on any atom is -0.465 e. The topological polar surface area (TPSA) is 147 Å². The number of sulfonamides is 1. The predicted molar refractivity (Wildman–Crippen MR) is 156 cm³/mol. The van der Waals surface area contributed by atoms with Gasteiger partial charge >= 0.3 is 6.09 Å². The van der Waals surface area contributed by atoms with Crippen LogP contribution in [0.4, 0.5) is 16.4 Å². The smallest absolute Gasteiger partial charge is 0.407 e. The summed E-state index contributed by atoms with van der Waals surface area (Å²) in [4.78, 5) is 26.3. The van der Waals surface area contributed by atoms with E-state index in [-0.39, 0.29) is 11.3 Å². The molecule has 41 heavy (non-hydrogen) atoms. The lowest BCUT2D eigenvalue weighted by Gasteiger charge is -2.31. The van der Waals surface area contributed by atoms with Crippen molar-refractivity contribution in [2.45, 2.75) is 43.9 Å². The van der Waals surface area contributed by atoms with E-state index in [2.05, 4.69) is 25.0 Å². The van der Waals surface area contributed by atoms with Gasteiger partial charge in [-0.1, -0.05) is 24.3 Å². The predicted octanol–water partition coefficient (Wildman–Crippen LogP) is 5.25. The van der Waals surface area contributed by atoms with E-state index >= 15 is 0 Å². The van der Waals surface area contributed by atoms with E-state index in [1.165, 1.54) is 4.90 Å². The Morgan fingerprint density at radius 1 is 1.02 bits per heavy atom. The van der Waals surface area contributed by atoms with E-state index in [0.717, 1.165) is 29.2 Å². The zero-order valence-corrected chi connectivity index (χ0v) is 23.3. The van der Waals surface area contributed by atoms with Crippen LogP contribution in [-0.2, 0) is 10.0 Å². The lowest BCUT2D eigenvalue weighted by molar-refractivity contribution is 0.132. The van der Waals surface area contributed by atoms with Crippen molar-refractivity contribution in [2.24, 2.45) is 0 Å². The third-order valence-electron chi connectivity index (χ3n) is 7.35. The SMILES string of the molecule is Cc1ccc2c(NS(=O)(=O)C3CC3)cccc2c1Oc1ncccc1-c1ccnc(N[C@H]2CCCN(C(=O)O)C2)n1. The Morgan fingerprint density at radius 3 is 2.68 bits per heavy atom. The minimum absolute atomic E-state index is 0.0930. The van der Waals surface area contributed by atoms with Gasteiger partial charge in [0.15, 0.2) is 0 Å². The van der Waals surface area contributed by atoms with Crippen LogP contribution in [0.1, 0.15) is 31.2 Å². The molecule has 4 aromatic rings. The van der Waals surface area contributed by atoms with Gasteiger partial charge in [-0.25, -0.2) is 28.2 Å². The molecule has 1 saturated carbocycles. The molecular weight excluding hydrogens is 544 g/mol. The number of amides is 1. The van der Waals surface area contributed by atoms with E-state index in [1.54, 1.807) is 36.7 Å². The number of rotatable bonds is 8. The molecule has 0 unspecified atom stereocenters. The Labute approximate surface area is 237 Å². The summed E-state index contributed by atoms with van der Waals surface area (Å²) in [6, 6.07) is 14.6.